The molecule has 1 rings (SSSR count). The lowest BCUT2D eigenvalue weighted by atomic mass is 10.2. The van der Waals surface area contributed by atoms with Crippen LogP contribution in [0.4, 0.5) is 8.78 Å². The Morgan fingerprint density at radius 2 is 2.11 bits per heavy atom. The Morgan fingerprint density at radius 3 is 2.72 bits per heavy atom. The van der Waals surface area contributed by atoms with E-state index in [-0.39, 0.29) is 11.4 Å². The third-order valence-corrected chi connectivity index (χ3v) is 3.33. The zero-order valence-corrected chi connectivity index (χ0v) is 10.2. The molecular weight excluding hydrogens is 262 g/mol. The van der Waals surface area contributed by atoms with E-state index in [4.69, 9.17) is 5.73 Å². The monoisotopic (exact) mass is 274 g/mol. The highest BCUT2D eigenvalue weighted by Gasteiger charge is 2.16. The summed E-state index contributed by atoms with van der Waals surface area (Å²) in [5, 5.41) is 0. The molecule has 0 aliphatic carbocycles. The molecule has 3 N–H and O–H groups in total. The second kappa shape index (κ2) is 6.44. The maximum absolute atomic E-state index is 12.0. The van der Waals surface area contributed by atoms with Gasteiger partial charge in [-0.2, -0.15) is 0 Å². The normalized spacial score (nSPS) is 11.1. The average molecular weight is 274 g/mol. The van der Waals surface area contributed by atoms with Gasteiger partial charge < -0.3 is 5.73 Å². The number of rotatable bonds is 4. The summed E-state index contributed by atoms with van der Waals surface area (Å²) in [5.74, 6) is 5.24. The molecule has 0 aliphatic heterocycles. The van der Waals surface area contributed by atoms with Crippen molar-refractivity contribution in [2.24, 2.45) is 5.73 Å². The van der Waals surface area contributed by atoms with E-state index >= 15 is 0 Å². The topological polar surface area (TPSA) is 72.2 Å². The molecule has 0 saturated carbocycles. The third kappa shape index (κ3) is 4.41. The maximum Gasteiger partial charge on any atom is 0.251 e. The van der Waals surface area contributed by atoms with Crippen LogP contribution in [0.5, 0.6) is 0 Å². The van der Waals surface area contributed by atoms with E-state index in [1.54, 1.807) is 6.07 Å². The van der Waals surface area contributed by atoms with Gasteiger partial charge in [0, 0.05) is 5.56 Å². The zero-order chi connectivity index (χ0) is 13.6. The Kier molecular flexibility index (Phi) is 5.22. The summed E-state index contributed by atoms with van der Waals surface area (Å²) in [5.41, 5.74) is 5.65. The fourth-order valence-corrected chi connectivity index (χ4v) is 2.20. The molecule has 0 radical (unpaired) electrons. The molecule has 0 saturated heterocycles. The molecule has 98 valence electrons. The van der Waals surface area contributed by atoms with Crippen LogP contribution in [0.3, 0.4) is 0 Å². The number of hydrogen-bond donors (Lipinski definition) is 2. The van der Waals surface area contributed by atoms with Gasteiger partial charge in [-0.15, -0.1) is 0 Å². The van der Waals surface area contributed by atoms with Crippen LogP contribution in [0.25, 0.3) is 0 Å². The molecule has 7 heteroatoms. The lowest BCUT2D eigenvalue weighted by Gasteiger charge is -2.06. The van der Waals surface area contributed by atoms with Gasteiger partial charge in [0.25, 0.3) is 6.43 Å². The second-order valence-electron chi connectivity index (χ2n) is 3.28. The minimum absolute atomic E-state index is 0.105. The van der Waals surface area contributed by atoms with Crippen LogP contribution in [0, 0.1) is 11.8 Å². The largest absolute Gasteiger partial charge is 0.320 e. The summed E-state index contributed by atoms with van der Waals surface area (Å²) in [6.07, 6.45) is -2.74. The van der Waals surface area contributed by atoms with Gasteiger partial charge in [-0.1, -0.05) is 17.9 Å². The summed E-state index contributed by atoms with van der Waals surface area (Å²) in [7, 11) is -3.93. The van der Waals surface area contributed by atoms with Gasteiger partial charge in [0.2, 0.25) is 10.0 Å². The van der Waals surface area contributed by atoms with Crippen LogP contribution in [-0.4, -0.2) is 27.9 Å². The number of benzene rings is 1. The standard InChI is InChI=1S/C11H12F2N2O2S/c12-11(13)8-15-18(16,17)10-5-1-3-9(7-10)4-2-6-14/h1,3,5,7,11,15H,6,8,14H2. The minimum atomic E-state index is -3.93. The van der Waals surface area contributed by atoms with Crippen LogP contribution in [-0.2, 0) is 10.0 Å². The van der Waals surface area contributed by atoms with Gasteiger partial charge >= 0.3 is 0 Å². The van der Waals surface area contributed by atoms with E-state index < -0.39 is 23.0 Å². The lowest BCUT2D eigenvalue weighted by molar-refractivity contribution is 0.153. The molecule has 0 bridgehead atoms. The number of sulfonamides is 1. The molecule has 0 atom stereocenters. The smallest absolute Gasteiger partial charge is 0.251 e. The van der Waals surface area contributed by atoms with Gasteiger partial charge in [0.15, 0.2) is 0 Å². The Morgan fingerprint density at radius 1 is 1.39 bits per heavy atom. The molecule has 0 fully saturated rings. The third-order valence-electron chi connectivity index (χ3n) is 1.91. The zero-order valence-electron chi connectivity index (χ0n) is 9.36. The van der Waals surface area contributed by atoms with E-state index in [0.29, 0.717) is 5.56 Å². The first-order valence-corrected chi connectivity index (χ1v) is 6.51. The Balaban J connectivity index is 2.95. The number of nitrogens with one attached hydrogen (secondary N) is 1. The van der Waals surface area contributed by atoms with Crippen molar-refractivity contribution in [1.29, 1.82) is 0 Å². The SMILES string of the molecule is NCC#Cc1cccc(S(=O)(=O)NCC(F)F)c1. The molecule has 0 heterocycles. The maximum atomic E-state index is 12.0. The number of halogens is 2. The Labute approximate surface area is 104 Å². The molecular formula is C11H12F2N2O2S. The van der Waals surface area contributed by atoms with Gasteiger partial charge in [0.05, 0.1) is 18.0 Å². The fourth-order valence-electron chi connectivity index (χ4n) is 1.15. The van der Waals surface area contributed by atoms with E-state index in [1.165, 1.54) is 18.2 Å². The molecule has 4 nitrogen and oxygen atoms in total. The average Bonchev–Trinajstić information content (AvgIpc) is 2.34. The predicted molar refractivity (Wildman–Crippen MR) is 63.6 cm³/mol. The van der Waals surface area contributed by atoms with Crippen molar-refractivity contribution in [3.63, 3.8) is 0 Å². The number of hydrogen-bond acceptors (Lipinski definition) is 3. The van der Waals surface area contributed by atoms with Crippen LogP contribution in [0.1, 0.15) is 5.56 Å². The molecule has 1 aromatic rings. The first kappa shape index (κ1) is 14.6. The quantitative estimate of drug-likeness (QED) is 0.787. The van der Waals surface area contributed by atoms with E-state index in [1.807, 2.05) is 4.72 Å². The molecule has 0 unspecified atom stereocenters. The molecule has 18 heavy (non-hydrogen) atoms. The second-order valence-corrected chi connectivity index (χ2v) is 5.04. The van der Waals surface area contributed by atoms with Crippen LogP contribution in [0.15, 0.2) is 29.2 Å². The summed E-state index contributed by atoms with van der Waals surface area (Å²) < 4.78 is 49.0. The predicted octanol–water partition coefficient (Wildman–Crippen LogP) is 0.540. The van der Waals surface area contributed by atoms with Crippen molar-refractivity contribution >= 4 is 10.0 Å². The minimum Gasteiger partial charge on any atom is -0.320 e. The first-order chi connectivity index (χ1) is 8.45. The van der Waals surface area contributed by atoms with Crippen molar-refractivity contribution in [3.8, 4) is 11.8 Å². The van der Waals surface area contributed by atoms with E-state index in [9.17, 15) is 17.2 Å². The Bertz CT molecular complexity index is 562. The van der Waals surface area contributed by atoms with Crippen LogP contribution < -0.4 is 10.5 Å². The fraction of sp³-hybridized carbons (Fsp3) is 0.273. The highest BCUT2D eigenvalue weighted by Crippen LogP contribution is 2.11. The van der Waals surface area contributed by atoms with Crippen LogP contribution in [0.2, 0.25) is 0 Å². The van der Waals surface area contributed by atoms with Gasteiger partial charge in [0.1, 0.15) is 0 Å². The summed E-state index contributed by atoms with van der Waals surface area (Å²) >= 11 is 0. The Hall–Kier alpha value is -1.49. The van der Waals surface area contributed by atoms with Gasteiger partial charge in [-0.05, 0) is 18.2 Å². The van der Waals surface area contributed by atoms with E-state index in [2.05, 4.69) is 11.8 Å². The summed E-state index contributed by atoms with van der Waals surface area (Å²) in [6, 6.07) is 5.70. The molecule has 1 aromatic carbocycles. The lowest BCUT2D eigenvalue weighted by Crippen LogP contribution is -2.28. The first-order valence-electron chi connectivity index (χ1n) is 5.02. The molecule has 0 aliphatic rings. The highest BCUT2D eigenvalue weighted by atomic mass is 32.2. The van der Waals surface area contributed by atoms with Gasteiger partial charge in [-0.25, -0.2) is 21.9 Å². The number of nitrogens with two attached hydrogens (primary N) is 1. The van der Waals surface area contributed by atoms with Crippen LogP contribution >= 0.6 is 0 Å². The summed E-state index contributed by atoms with van der Waals surface area (Å²) in [4.78, 5) is -0.105. The van der Waals surface area contributed by atoms with Crippen molar-refractivity contribution in [2.75, 3.05) is 13.1 Å². The van der Waals surface area contributed by atoms with Crippen molar-refractivity contribution in [1.82, 2.24) is 4.72 Å². The van der Waals surface area contributed by atoms with Crippen molar-refractivity contribution in [2.45, 2.75) is 11.3 Å². The van der Waals surface area contributed by atoms with Crippen molar-refractivity contribution < 1.29 is 17.2 Å². The molecule has 0 spiro atoms. The molecule has 0 aromatic heterocycles. The van der Waals surface area contributed by atoms with Gasteiger partial charge in [-0.3, -0.25) is 0 Å². The molecule has 0 amide bonds. The van der Waals surface area contributed by atoms with Crippen molar-refractivity contribution in [3.05, 3.63) is 29.8 Å². The summed E-state index contributed by atoms with van der Waals surface area (Å²) in [6.45, 7) is -0.762. The number of alkyl halides is 2. The highest BCUT2D eigenvalue weighted by molar-refractivity contribution is 7.89. The van der Waals surface area contributed by atoms with E-state index in [0.717, 1.165) is 0 Å².